The molecule has 0 heterocycles. The molecule has 0 unspecified atom stereocenters. The van der Waals surface area contributed by atoms with Crippen LogP contribution >= 0.6 is 10.7 Å². The summed E-state index contributed by atoms with van der Waals surface area (Å²) in [4.78, 5) is 0. The molecular formula is C8H15ClO2S. The van der Waals surface area contributed by atoms with E-state index >= 15 is 0 Å². The van der Waals surface area contributed by atoms with Crippen LogP contribution in [-0.2, 0) is 9.05 Å². The van der Waals surface area contributed by atoms with Gasteiger partial charge in [-0.05, 0) is 18.3 Å². The van der Waals surface area contributed by atoms with Gasteiger partial charge < -0.3 is 0 Å². The Morgan fingerprint density at radius 3 is 2.00 bits per heavy atom. The normalized spacial score (nSPS) is 23.6. The summed E-state index contributed by atoms with van der Waals surface area (Å²) in [5.41, 5.74) is 0.270. The van der Waals surface area contributed by atoms with Crippen LogP contribution in [0, 0.1) is 5.41 Å². The van der Waals surface area contributed by atoms with Crippen molar-refractivity contribution in [3.63, 3.8) is 0 Å². The lowest BCUT2D eigenvalue weighted by molar-refractivity contribution is 0.126. The Kier molecular flexibility index (Phi) is 2.74. The average molecular weight is 211 g/mol. The highest BCUT2D eigenvalue weighted by Gasteiger charge is 2.46. The molecule has 0 N–H and O–H groups in total. The Balaban J connectivity index is 2.57. The Morgan fingerprint density at radius 2 is 1.75 bits per heavy atom. The van der Waals surface area contributed by atoms with Gasteiger partial charge in [0.25, 0.3) is 0 Å². The van der Waals surface area contributed by atoms with Crippen LogP contribution in [0.1, 0.15) is 39.5 Å². The second-order valence-electron chi connectivity index (χ2n) is 3.71. The highest BCUT2D eigenvalue weighted by molar-refractivity contribution is 8.14. The molecule has 0 radical (unpaired) electrons. The molecular weight excluding hydrogens is 196 g/mol. The second kappa shape index (κ2) is 3.18. The summed E-state index contributed by atoms with van der Waals surface area (Å²) in [6.07, 6.45) is 3.64. The lowest BCUT2D eigenvalue weighted by Crippen LogP contribution is -2.42. The molecule has 0 amide bonds. The SMILES string of the molecule is CCC1(CC)CC(S(=O)(=O)Cl)C1. The molecule has 0 atom stereocenters. The molecule has 1 aliphatic rings. The Hall–Kier alpha value is 0.240. The van der Waals surface area contributed by atoms with Crippen LogP contribution in [0.4, 0.5) is 0 Å². The maximum absolute atomic E-state index is 10.9. The Morgan fingerprint density at radius 1 is 1.33 bits per heavy atom. The summed E-state index contributed by atoms with van der Waals surface area (Å²) in [5, 5.41) is -0.279. The maximum atomic E-state index is 10.9. The van der Waals surface area contributed by atoms with Crippen LogP contribution in [-0.4, -0.2) is 13.7 Å². The van der Waals surface area contributed by atoms with E-state index in [1.165, 1.54) is 0 Å². The van der Waals surface area contributed by atoms with E-state index in [9.17, 15) is 8.42 Å². The van der Waals surface area contributed by atoms with Crippen molar-refractivity contribution in [3.8, 4) is 0 Å². The van der Waals surface area contributed by atoms with Gasteiger partial charge in [-0.2, -0.15) is 0 Å². The molecule has 2 nitrogen and oxygen atoms in total. The lowest BCUT2D eigenvalue weighted by atomic mass is 9.65. The molecule has 0 bridgehead atoms. The van der Waals surface area contributed by atoms with E-state index in [0.29, 0.717) is 0 Å². The van der Waals surface area contributed by atoms with Crippen LogP contribution in [0.5, 0.6) is 0 Å². The van der Waals surface area contributed by atoms with Crippen LogP contribution in [0.15, 0.2) is 0 Å². The van der Waals surface area contributed by atoms with E-state index in [1.54, 1.807) is 0 Å². The van der Waals surface area contributed by atoms with E-state index in [1.807, 2.05) is 0 Å². The molecule has 0 aromatic rings. The zero-order valence-corrected chi connectivity index (χ0v) is 9.08. The van der Waals surface area contributed by atoms with Gasteiger partial charge >= 0.3 is 0 Å². The minimum absolute atomic E-state index is 0.270. The minimum Gasteiger partial charge on any atom is -0.212 e. The fourth-order valence-electron chi connectivity index (χ4n) is 1.93. The topological polar surface area (TPSA) is 34.1 Å². The van der Waals surface area contributed by atoms with E-state index in [-0.39, 0.29) is 10.7 Å². The lowest BCUT2D eigenvalue weighted by Gasteiger charge is -2.45. The summed E-state index contributed by atoms with van der Waals surface area (Å²) >= 11 is 0. The largest absolute Gasteiger partial charge is 0.235 e. The highest BCUT2D eigenvalue weighted by Crippen LogP contribution is 2.50. The molecule has 4 heteroatoms. The predicted molar refractivity (Wildman–Crippen MR) is 50.8 cm³/mol. The summed E-state index contributed by atoms with van der Waals surface area (Å²) in [7, 11) is 1.96. The van der Waals surface area contributed by atoms with Crippen molar-refractivity contribution in [1.29, 1.82) is 0 Å². The predicted octanol–water partition coefficient (Wildman–Crippen LogP) is 2.52. The van der Waals surface area contributed by atoms with Gasteiger partial charge in [0.1, 0.15) is 0 Å². The van der Waals surface area contributed by atoms with Gasteiger partial charge in [-0.15, -0.1) is 0 Å². The Bertz CT molecular complexity index is 246. The number of hydrogen-bond donors (Lipinski definition) is 0. The first-order chi connectivity index (χ1) is 5.43. The van der Waals surface area contributed by atoms with Gasteiger partial charge in [0.2, 0.25) is 9.05 Å². The first-order valence-electron chi connectivity index (χ1n) is 4.37. The molecule has 0 spiro atoms. The maximum Gasteiger partial charge on any atom is 0.235 e. The molecule has 1 aliphatic carbocycles. The monoisotopic (exact) mass is 210 g/mol. The standard InChI is InChI=1S/C8H15ClO2S/c1-3-8(4-2)5-7(6-8)12(9,10)11/h7H,3-6H2,1-2H3. The van der Waals surface area contributed by atoms with E-state index < -0.39 is 9.05 Å². The molecule has 0 aliphatic heterocycles. The van der Waals surface area contributed by atoms with Crippen LogP contribution in [0.3, 0.4) is 0 Å². The van der Waals surface area contributed by atoms with Crippen molar-refractivity contribution < 1.29 is 8.42 Å². The summed E-state index contributed by atoms with van der Waals surface area (Å²) < 4.78 is 21.8. The Labute approximate surface area is 78.7 Å². The zero-order chi connectivity index (χ0) is 9.41. The van der Waals surface area contributed by atoms with E-state index in [2.05, 4.69) is 13.8 Å². The summed E-state index contributed by atoms with van der Waals surface area (Å²) in [5.74, 6) is 0. The van der Waals surface area contributed by atoms with Gasteiger partial charge in [-0.1, -0.05) is 26.7 Å². The van der Waals surface area contributed by atoms with Gasteiger partial charge in [0.05, 0.1) is 5.25 Å². The van der Waals surface area contributed by atoms with E-state index in [0.717, 1.165) is 25.7 Å². The quantitative estimate of drug-likeness (QED) is 0.671. The fraction of sp³-hybridized carbons (Fsp3) is 1.00. The third-order valence-electron chi connectivity index (χ3n) is 3.22. The molecule has 72 valence electrons. The number of rotatable bonds is 3. The van der Waals surface area contributed by atoms with Crippen LogP contribution in [0.25, 0.3) is 0 Å². The molecule has 1 rings (SSSR count). The summed E-state index contributed by atoms with van der Waals surface area (Å²) in [6, 6.07) is 0. The minimum atomic E-state index is -3.29. The fourth-order valence-corrected chi connectivity index (χ4v) is 3.42. The third kappa shape index (κ3) is 1.77. The van der Waals surface area contributed by atoms with Gasteiger partial charge in [-0.3, -0.25) is 0 Å². The zero-order valence-electron chi connectivity index (χ0n) is 7.51. The number of halogens is 1. The van der Waals surface area contributed by atoms with Gasteiger partial charge in [0.15, 0.2) is 0 Å². The first-order valence-corrected chi connectivity index (χ1v) is 6.74. The van der Waals surface area contributed by atoms with Crippen molar-refractivity contribution in [3.05, 3.63) is 0 Å². The first kappa shape index (κ1) is 10.3. The number of hydrogen-bond acceptors (Lipinski definition) is 2. The average Bonchev–Trinajstić information content (AvgIpc) is 1.85. The smallest absolute Gasteiger partial charge is 0.212 e. The summed E-state index contributed by atoms with van der Waals surface area (Å²) in [6.45, 7) is 4.22. The molecule has 0 saturated heterocycles. The molecule has 0 aromatic heterocycles. The van der Waals surface area contributed by atoms with Crippen molar-refractivity contribution in [2.45, 2.75) is 44.8 Å². The highest BCUT2D eigenvalue weighted by atomic mass is 35.7. The van der Waals surface area contributed by atoms with Crippen molar-refractivity contribution in [1.82, 2.24) is 0 Å². The van der Waals surface area contributed by atoms with Crippen LogP contribution < -0.4 is 0 Å². The molecule has 0 aromatic carbocycles. The van der Waals surface area contributed by atoms with Gasteiger partial charge in [0, 0.05) is 10.7 Å². The van der Waals surface area contributed by atoms with Crippen molar-refractivity contribution in [2.75, 3.05) is 0 Å². The third-order valence-corrected chi connectivity index (χ3v) is 5.11. The van der Waals surface area contributed by atoms with Crippen molar-refractivity contribution >= 4 is 19.7 Å². The second-order valence-corrected chi connectivity index (χ2v) is 6.62. The molecule has 12 heavy (non-hydrogen) atoms. The van der Waals surface area contributed by atoms with Gasteiger partial charge in [-0.25, -0.2) is 8.42 Å². The van der Waals surface area contributed by atoms with Crippen LogP contribution in [0.2, 0.25) is 0 Å². The van der Waals surface area contributed by atoms with Crippen molar-refractivity contribution in [2.24, 2.45) is 5.41 Å². The molecule has 1 fully saturated rings. The molecule has 1 saturated carbocycles. The van der Waals surface area contributed by atoms with E-state index in [4.69, 9.17) is 10.7 Å².